The van der Waals surface area contributed by atoms with Crippen molar-refractivity contribution in [2.24, 2.45) is 0 Å². The Morgan fingerprint density at radius 3 is 2.54 bits per heavy atom. The van der Waals surface area contributed by atoms with E-state index in [0.717, 1.165) is 16.0 Å². The molecule has 4 rings (SSSR count). The van der Waals surface area contributed by atoms with E-state index >= 15 is 0 Å². The van der Waals surface area contributed by atoms with Gasteiger partial charge in [0.2, 0.25) is 0 Å². The predicted octanol–water partition coefficient (Wildman–Crippen LogP) is 5.41. The number of imide groups is 2. The number of barbiturate groups is 1. The first-order valence-corrected chi connectivity index (χ1v) is 12.8. The molecule has 0 unspecified atom stereocenters. The highest BCUT2D eigenvalue weighted by molar-refractivity contribution is 9.10. The summed E-state index contributed by atoms with van der Waals surface area (Å²) in [5.74, 6) is -1.52. The molecule has 5 amide bonds. The van der Waals surface area contributed by atoms with Crippen LogP contribution in [-0.4, -0.2) is 37.5 Å². The van der Waals surface area contributed by atoms with E-state index in [-0.39, 0.29) is 35.3 Å². The van der Waals surface area contributed by atoms with Gasteiger partial charge < -0.3 is 14.8 Å². The van der Waals surface area contributed by atoms with Crippen molar-refractivity contribution in [2.75, 3.05) is 23.9 Å². The van der Waals surface area contributed by atoms with E-state index in [1.807, 2.05) is 32.0 Å². The second-order valence-electron chi connectivity index (χ2n) is 8.61. The first-order chi connectivity index (χ1) is 18.6. The average molecular weight is 613 g/mol. The number of carbonyl (C=O) groups excluding carboxylic acids is 4. The molecule has 1 saturated heterocycles. The standard InChI is InChI=1S/C28H23BrClN3O6/c1-15-7-8-19(9-16(15)2)31-24(34)14-39-25-22(29)11-17(12-23(25)38-3)10-21-26(35)32-28(37)33(27(21)36)20-6-4-5-18(30)13-20/h4-13H,14H2,1-3H3,(H,31,34)(H,32,35,37)/b21-10+. The molecule has 11 heteroatoms. The highest BCUT2D eigenvalue weighted by atomic mass is 79.9. The fourth-order valence-corrected chi connectivity index (χ4v) is 4.55. The number of nitrogens with zero attached hydrogens (tertiary/aromatic N) is 1. The van der Waals surface area contributed by atoms with Crippen LogP contribution in [0.25, 0.3) is 6.08 Å². The van der Waals surface area contributed by atoms with Gasteiger partial charge in [0.05, 0.1) is 17.3 Å². The minimum absolute atomic E-state index is 0.213. The lowest BCUT2D eigenvalue weighted by atomic mass is 10.1. The quantitative estimate of drug-likeness (QED) is 0.272. The highest BCUT2D eigenvalue weighted by Crippen LogP contribution is 2.37. The van der Waals surface area contributed by atoms with Gasteiger partial charge in [-0.05, 0) is 95.0 Å². The Balaban J connectivity index is 1.55. The molecule has 0 radical (unpaired) electrons. The van der Waals surface area contributed by atoms with Crippen LogP contribution in [0, 0.1) is 13.8 Å². The van der Waals surface area contributed by atoms with Crippen molar-refractivity contribution in [1.29, 1.82) is 0 Å². The summed E-state index contributed by atoms with van der Waals surface area (Å²) >= 11 is 9.41. The van der Waals surface area contributed by atoms with Gasteiger partial charge in [-0.3, -0.25) is 19.7 Å². The number of aryl methyl sites for hydroxylation is 2. The number of nitrogens with one attached hydrogen (secondary N) is 2. The summed E-state index contributed by atoms with van der Waals surface area (Å²) in [5, 5.41) is 5.27. The Bertz CT molecular complexity index is 1540. The fourth-order valence-electron chi connectivity index (χ4n) is 3.79. The normalized spacial score (nSPS) is 14.3. The third kappa shape index (κ3) is 6.30. The van der Waals surface area contributed by atoms with Crippen molar-refractivity contribution >= 4 is 68.7 Å². The second-order valence-corrected chi connectivity index (χ2v) is 9.90. The summed E-state index contributed by atoms with van der Waals surface area (Å²) in [7, 11) is 1.42. The molecular weight excluding hydrogens is 590 g/mol. The molecule has 1 fully saturated rings. The average Bonchev–Trinajstić information content (AvgIpc) is 2.87. The molecule has 39 heavy (non-hydrogen) atoms. The third-order valence-electron chi connectivity index (χ3n) is 5.87. The van der Waals surface area contributed by atoms with Crippen LogP contribution in [0.15, 0.2) is 64.6 Å². The molecule has 1 aliphatic heterocycles. The number of anilines is 2. The van der Waals surface area contributed by atoms with Crippen molar-refractivity contribution in [3.05, 3.63) is 86.4 Å². The number of benzene rings is 3. The lowest BCUT2D eigenvalue weighted by Gasteiger charge is -2.26. The Morgan fingerprint density at radius 2 is 1.85 bits per heavy atom. The van der Waals surface area contributed by atoms with Crippen LogP contribution < -0.4 is 25.0 Å². The molecule has 3 aromatic carbocycles. The second kappa shape index (κ2) is 11.7. The van der Waals surface area contributed by atoms with E-state index in [0.29, 0.717) is 20.7 Å². The molecule has 1 aliphatic rings. The first kappa shape index (κ1) is 27.9. The smallest absolute Gasteiger partial charge is 0.335 e. The molecular formula is C28H23BrClN3O6. The van der Waals surface area contributed by atoms with Crippen molar-refractivity contribution < 1.29 is 28.7 Å². The number of methoxy groups -OCH3 is 1. The van der Waals surface area contributed by atoms with Gasteiger partial charge in [0.15, 0.2) is 18.1 Å². The predicted molar refractivity (Wildman–Crippen MR) is 151 cm³/mol. The van der Waals surface area contributed by atoms with Crippen LogP contribution in [0.4, 0.5) is 16.2 Å². The molecule has 0 atom stereocenters. The van der Waals surface area contributed by atoms with E-state index in [9.17, 15) is 19.2 Å². The number of carbonyl (C=O) groups is 4. The van der Waals surface area contributed by atoms with Crippen LogP contribution in [0.1, 0.15) is 16.7 Å². The summed E-state index contributed by atoms with van der Waals surface area (Å²) in [6.45, 7) is 3.65. The van der Waals surface area contributed by atoms with E-state index in [2.05, 4.69) is 26.6 Å². The van der Waals surface area contributed by atoms with Crippen LogP contribution in [0.5, 0.6) is 11.5 Å². The summed E-state index contributed by atoms with van der Waals surface area (Å²) in [6.07, 6.45) is 1.32. The molecule has 0 saturated carbocycles. The Morgan fingerprint density at radius 1 is 1.08 bits per heavy atom. The molecule has 1 heterocycles. The molecule has 9 nitrogen and oxygen atoms in total. The Labute approximate surface area is 237 Å². The molecule has 3 aromatic rings. The van der Waals surface area contributed by atoms with Crippen molar-refractivity contribution in [1.82, 2.24) is 5.32 Å². The molecule has 0 bridgehead atoms. The van der Waals surface area contributed by atoms with Crippen molar-refractivity contribution in [2.45, 2.75) is 13.8 Å². The van der Waals surface area contributed by atoms with Crippen LogP contribution >= 0.6 is 27.5 Å². The maximum Gasteiger partial charge on any atom is 0.335 e. The largest absolute Gasteiger partial charge is 0.493 e. The lowest BCUT2D eigenvalue weighted by Crippen LogP contribution is -2.54. The monoisotopic (exact) mass is 611 g/mol. The van der Waals surface area contributed by atoms with E-state index in [1.54, 1.807) is 18.2 Å². The minimum Gasteiger partial charge on any atom is -0.493 e. The first-order valence-electron chi connectivity index (χ1n) is 11.6. The van der Waals surface area contributed by atoms with Crippen molar-refractivity contribution in [3.8, 4) is 11.5 Å². The number of rotatable bonds is 7. The van der Waals surface area contributed by atoms with Gasteiger partial charge in [0.1, 0.15) is 5.57 Å². The van der Waals surface area contributed by atoms with E-state index in [4.69, 9.17) is 21.1 Å². The van der Waals surface area contributed by atoms with Gasteiger partial charge in [-0.2, -0.15) is 0 Å². The fraction of sp³-hybridized carbons (Fsp3) is 0.143. The number of amides is 5. The number of urea groups is 1. The zero-order valence-corrected chi connectivity index (χ0v) is 23.5. The molecule has 200 valence electrons. The number of hydrogen-bond donors (Lipinski definition) is 2. The van der Waals surface area contributed by atoms with Gasteiger partial charge in [-0.25, -0.2) is 9.69 Å². The van der Waals surface area contributed by atoms with Crippen LogP contribution in [0.2, 0.25) is 5.02 Å². The number of hydrogen-bond acceptors (Lipinski definition) is 6. The minimum atomic E-state index is -0.883. The summed E-state index contributed by atoms with van der Waals surface area (Å²) in [5.41, 5.74) is 3.16. The Hall–Kier alpha value is -4.15. The lowest BCUT2D eigenvalue weighted by molar-refractivity contribution is -0.122. The van der Waals surface area contributed by atoms with Gasteiger partial charge in [-0.15, -0.1) is 0 Å². The van der Waals surface area contributed by atoms with Crippen LogP contribution in [0.3, 0.4) is 0 Å². The molecule has 0 spiro atoms. The molecule has 2 N–H and O–H groups in total. The van der Waals surface area contributed by atoms with Gasteiger partial charge in [0.25, 0.3) is 17.7 Å². The zero-order valence-electron chi connectivity index (χ0n) is 21.1. The maximum atomic E-state index is 13.2. The third-order valence-corrected chi connectivity index (χ3v) is 6.69. The summed E-state index contributed by atoms with van der Waals surface area (Å²) in [6, 6.07) is 14.0. The van der Waals surface area contributed by atoms with Crippen molar-refractivity contribution in [3.63, 3.8) is 0 Å². The van der Waals surface area contributed by atoms with Crippen LogP contribution in [-0.2, 0) is 14.4 Å². The van der Waals surface area contributed by atoms with E-state index in [1.165, 1.54) is 31.4 Å². The SMILES string of the molecule is COc1cc(/C=C2\C(=O)NC(=O)N(c3cccc(Cl)c3)C2=O)cc(Br)c1OCC(=O)Nc1ccc(C)c(C)c1. The Kier molecular flexibility index (Phi) is 8.37. The number of halogens is 2. The van der Waals surface area contributed by atoms with Gasteiger partial charge in [0, 0.05) is 10.7 Å². The maximum absolute atomic E-state index is 13.2. The summed E-state index contributed by atoms with van der Waals surface area (Å²) in [4.78, 5) is 51.4. The van der Waals surface area contributed by atoms with Gasteiger partial charge >= 0.3 is 6.03 Å². The molecule has 0 aliphatic carbocycles. The summed E-state index contributed by atoms with van der Waals surface area (Å²) < 4.78 is 11.6. The van der Waals surface area contributed by atoms with Gasteiger partial charge in [-0.1, -0.05) is 23.7 Å². The zero-order chi connectivity index (χ0) is 28.3. The highest BCUT2D eigenvalue weighted by Gasteiger charge is 2.37. The topological polar surface area (TPSA) is 114 Å². The van der Waals surface area contributed by atoms with E-state index < -0.39 is 17.8 Å². The molecule has 0 aromatic heterocycles. The number of ether oxygens (including phenoxy) is 2.